The van der Waals surface area contributed by atoms with Gasteiger partial charge in [0.25, 0.3) is 5.91 Å². The summed E-state index contributed by atoms with van der Waals surface area (Å²) in [6.07, 6.45) is 1.58. The normalized spacial score (nSPS) is 12.1. The largest absolute Gasteiger partial charge is 0.383 e. The quantitative estimate of drug-likeness (QED) is 0.608. The number of carbonyl (C=O) groups is 1. The van der Waals surface area contributed by atoms with Gasteiger partial charge in [-0.1, -0.05) is 0 Å². The van der Waals surface area contributed by atoms with Crippen molar-refractivity contribution in [3.63, 3.8) is 0 Å². The van der Waals surface area contributed by atoms with E-state index in [0.717, 1.165) is 0 Å². The standard InChI is InChI=1S/C10H16N4O2/c1-16-6-7(5-11)14-10-8(9(12)15)3-2-4-13-10/h2-4,7H,5-6,11H2,1H3,(H2,12,15)(H,13,14). The van der Waals surface area contributed by atoms with Crippen LogP contribution in [0, 0.1) is 0 Å². The number of methoxy groups -OCH3 is 1. The first-order chi connectivity index (χ1) is 7.69. The molecule has 1 atom stereocenters. The zero-order valence-electron chi connectivity index (χ0n) is 9.14. The monoisotopic (exact) mass is 224 g/mol. The number of carbonyl (C=O) groups excluding carboxylic acids is 1. The van der Waals surface area contributed by atoms with Crippen LogP contribution in [-0.4, -0.2) is 37.2 Å². The molecule has 0 aliphatic carbocycles. The van der Waals surface area contributed by atoms with E-state index in [2.05, 4.69) is 10.3 Å². The summed E-state index contributed by atoms with van der Waals surface area (Å²) in [6, 6.07) is 3.16. The van der Waals surface area contributed by atoms with Crippen LogP contribution in [0.25, 0.3) is 0 Å². The van der Waals surface area contributed by atoms with Gasteiger partial charge in [-0.15, -0.1) is 0 Å². The molecule has 0 saturated heterocycles. The highest BCUT2D eigenvalue weighted by atomic mass is 16.5. The van der Waals surface area contributed by atoms with E-state index in [1.807, 2.05) is 0 Å². The van der Waals surface area contributed by atoms with Crippen molar-refractivity contribution < 1.29 is 9.53 Å². The van der Waals surface area contributed by atoms with Crippen LogP contribution in [0.3, 0.4) is 0 Å². The molecule has 0 aliphatic rings. The van der Waals surface area contributed by atoms with E-state index in [4.69, 9.17) is 16.2 Å². The molecule has 1 heterocycles. The fourth-order valence-corrected chi connectivity index (χ4v) is 1.28. The van der Waals surface area contributed by atoms with Crippen LogP contribution in [0.2, 0.25) is 0 Å². The Hall–Kier alpha value is -1.66. The van der Waals surface area contributed by atoms with Crippen molar-refractivity contribution in [3.8, 4) is 0 Å². The average molecular weight is 224 g/mol. The predicted octanol–water partition coefficient (Wildman–Crippen LogP) is -0.434. The molecule has 0 saturated carbocycles. The van der Waals surface area contributed by atoms with Crippen LogP contribution in [0.1, 0.15) is 10.4 Å². The number of amides is 1. The number of nitrogens with one attached hydrogen (secondary N) is 1. The highest BCUT2D eigenvalue weighted by Crippen LogP contribution is 2.11. The average Bonchev–Trinajstić information content (AvgIpc) is 2.29. The Labute approximate surface area is 94.0 Å². The van der Waals surface area contributed by atoms with Crippen molar-refractivity contribution in [2.45, 2.75) is 6.04 Å². The molecule has 1 amide bonds. The summed E-state index contributed by atoms with van der Waals surface area (Å²) in [5.74, 6) is -0.0914. The Balaban J connectivity index is 2.82. The lowest BCUT2D eigenvalue weighted by Gasteiger charge is -2.17. The third-order valence-electron chi connectivity index (χ3n) is 2.07. The van der Waals surface area contributed by atoms with E-state index >= 15 is 0 Å². The zero-order chi connectivity index (χ0) is 12.0. The van der Waals surface area contributed by atoms with E-state index < -0.39 is 5.91 Å². The molecule has 0 aliphatic heterocycles. The number of hydrogen-bond donors (Lipinski definition) is 3. The molecule has 0 bridgehead atoms. The van der Waals surface area contributed by atoms with Gasteiger partial charge >= 0.3 is 0 Å². The van der Waals surface area contributed by atoms with Crippen LogP contribution in [0.5, 0.6) is 0 Å². The summed E-state index contributed by atoms with van der Waals surface area (Å²) in [5.41, 5.74) is 11.1. The van der Waals surface area contributed by atoms with Gasteiger partial charge in [0.1, 0.15) is 5.82 Å². The molecule has 6 heteroatoms. The van der Waals surface area contributed by atoms with Gasteiger partial charge in [-0.2, -0.15) is 0 Å². The fraction of sp³-hybridized carbons (Fsp3) is 0.400. The van der Waals surface area contributed by atoms with Gasteiger partial charge in [-0.25, -0.2) is 4.98 Å². The SMILES string of the molecule is COCC(CN)Nc1ncccc1C(N)=O. The maximum Gasteiger partial charge on any atom is 0.252 e. The number of nitrogens with zero attached hydrogens (tertiary/aromatic N) is 1. The second kappa shape index (κ2) is 6.04. The summed E-state index contributed by atoms with van der Waals surface area (Å²) in [4.78, 5) is 15.2. The topological polar surface area (TPSA) is 103 Å². The number of nitrogens with two attached hydrogens (primary N) is 2. The van der Waals surface area contributed by atoms with Gasteiger partial charge in [0, 0.05) is 19.9 Å². The summed E-state index contributed by atoms with van der Waals surface area (Å²) in [6.45, 7) is 0.813. The lowest BCUT2D eigenvalue weighted by atomic mass is 10.2. The van der Waals surface area contributed by atoms with Crippen LogP contribution >= 0.6 is 0 Å². The molecule has 16 heavy (non-hydrogen) atoms. The Bertz CT molecular complexity index is 356. The van der Waals surface area contributed by atoms with Crippen molar-refractivity contribution in [2.75, 3.05) is 25.6 Å². The van der Waals surface area contributed by atoms with Crippen LogP contribution in [-0.2, 0) is 4.74 Å². The van der Waals surface area contributed by atoms with Gasteiger partial charge in [0.05, 0.1) is 18.2 Å². The van der Waals surface area contributed by atoms with Crippen molar-refractivity contribution in [2.24, 2.45) is 11.5 Å². The van der Waals surface area contributed by atoms with Crippen molar-refractivity contribution in [1.82, 2.24) is 4.98 Å². The Kier molecular flexibility index (Phi) is 4.68. The van der Waals surface area contributed by atoms with E-state index in [1.165, 1.54) is 0 Å². The van der Waals surface area contributed by atoms with Gasteiger partial charge in [0.15, 0.2) is 0 Å². The van der Waals surface area contributed by atoms with Crippen molar-refractivity contribution >= 4 is 11.7 Å². The molecule has 0 radical (unpaired) electrons. The van der Waals surface area contributed by atoms with Crippen LogP contribution in [0.4, 0.5) is 5.82 Å². The predicted molar refractivity (Wildman–Crippen MR) is 61.1 cm³/mol. The second-order valence-electron chi connectivity index (χ2n) is 3.30. The van der Waals surface area contributed by atoms with Gasteiger partial charge in [0.2, 0.25) is 0 Å². The molecule has 1 rings (SSSR count). The highest BCUT2D eigenvalue weighted by molar-refractivity contribution is 5.97. The number of rotatable bonds is 6. The lowest BCUT2D eigenvalue weighted by Crippen LogP contribution is -2.34. The maximum absolute atomic E-state index is 11.1. The third-order valence-corrected chi connectivity index (χ3v) is 2.07. The molecule has 0 aromatic carbocycles. The Morgan fingerprint density at radius 3 is 3.00 bits per heavy atom. The van der Waals surface area contributed by atoms with Gasteiger partial charge in [-0.3, -0.25) is 4.79 Å². The molecule has 0 fully saturated rings. The molecule has 1 aromatic rings. The van der Waals surface area contributed by atoms with Crippen molar-refractivity contribution in [3.05, 3.63) is 23.9 Å². The number of anilines is 1. The van der Waals surface area contributed by atoms with Gasteiger partial charge < -0.3 is 21.5 Å². The molecule has 1 unspecified atom stereocenters. The second-order valence-corrected chi connectivity index (χ2v) is 3.30. The smallest absolute Gasteiger partial charge is 0.252 e. The zero-order valence-corrected chi connectivity index (χ0v) is 9.14. The summed E-state index contributed by atoms with van der Waals surface area (Å²) in [7, 11) is 1.58. The number of ether oxygens (including phenoxy) is 1. The van der Waals surface area contributed by atoms with Crippen molar-refractivity contribution in [1.29, 1.82) is 0 Å². The first-order valence-corrected chi connectivity index (χ1v) is 4.89. The molecule has 1 aromatic heterocycles. The Morgan fingerprint density at radius 2 is 2.44 bits per heavy atom. The van der Waals surface area contributed by atoms with E-state index in [9.17, 15) is 4.79 Å². The molecular formula is C10H16N4O2. The highest BCUT2D eigenvalue weighted by Gasteiger charge is 2.12. The maximum atomic E-state index is 11.1. The molecule has 5 N–H and O–H groups in total. The van der Waals surface area contributed by atoms with E-state index in [1.54, 1.807) is 25.4 Å². The minimum absolute atomic E-state index is 0.0991. The third kappa shape index (κ3) is 3.18. The molecule has 0 spiro atoms. The minimum Gasteiger partial charge on any atom is -0.383 e. The minimum atomic E-state index is -0.524. The summed E-state index contributed by atoms with van der Waals surface area (Å²) < 4.78 is 4.98. The molecule has 88 valence electrons. The van der Waals surface area contributed by atoms with E-state index in [-0.39, 0.29) is 6.04 Å². The van der Waals surface area contributed by atoms with Crippen LogP contribution < -0.4 is 16.8 Å². The van der Waals surface area contributed by atoms with Gasteiger partial charge in [-0.05, 0) is 12.1 Å². The first-order valence-electron chi connectivity index (χ1n) is 4.89. The Morgan fingerprint density at radius 1 is 1.69 bits per heavy atom. The number of pyridine rings is 1. The van der Waals surface area contributed by atoms with Crippen LogP contribution in [0.15, 0.2) is 18.3 Å². The molecule has 6 nitrogen and oxygen atoms in total. The fourth-order valence-electron chi connectivity index (χ4n) is 1.28. The van der Waals surface area contributed by atoms with E-state index in [0.29, 0.717) is 24.5 Å². The lowest BCUT2D eigenvalue weighted by molar-refractivity contribution is 0.100. The number of primary amides is 1. The first kappa shape index (κ1) is 12.4. The summed E-state index contributed by atoms with van der Waals surface area (Å²) in [5, 5.41) is 3.02. The summed E-state index contributed by atoms with van der Waals surface area (Å²) >= 11 is 0. The number of hydrogen-bond acceptors (Lipinski definition) is 5. The molecular weight excluding hydrogens is 208 g/mol. The number of aromatic nitrogens is 1.